The number of hydrogen-bond acceptors (Lipinski definition) is 3. The van der Waals surface area contributed by atoms with Crippen LogP contribution in [0.4, 0.5) is 0 Å². The number of hydrogen-bond donors (Lipinski definition) is 1. The predicted molar refractivity (Wildman–Crippen MR) is 78.4 cm³/mol. The van der Waals surface area contributed by atoms with E-state index in [1.165, 1.54) is 0 Å². The minimum Gasteiger partial charge on any atom is -0.497 e. The van der Waals surface area contributed by atoms with Crippen molar-refractivity contribution >= 4 is 5.91 Å². The Bertz CT molecular complexity index is 490. The zero-order chi connectivity index (χ0) is 14.4. The Hall–Kier alpha value is -1.99. The van der Waals surface area contributed by atoms with Gasteiger partial charge >= 0.3 is 0 Å². The molecule has 1 aromatic rings. The minimum absolute atomic E-state index is 0.110. The maximum atomic E-state index is 12.2. The van der Waals surface area contributed by atoms with E-state index in [1.807, 2.05) is 29.2 Å². The van der Waals surface area contributed by atoms with Crippen molar-refractivity contribution < 1.29 is 9.53 Å². The third kappa shape index (κ3) is 3.31. The van der Waals surface area contributed by atoms with Crippen LogP contribution in [0.2, 0.25) is 0 Å². The molecule has 1 aliphatic heterocycles. The molecule has 4 heteroatoms. The van der Waals surface area contributed by atoms with E-state index < -0.39 is 0 Å². The quantitative estimate of drug-likeness (QED) is 0.653. The van der Waals surface area contributed by atoms with Gasteiger partial charge in [-0.2, -0.15) is 0 Å². The molecule has 1 fully saturated rings. The largest absolute Gasteiger partial charge is 0.497 e. The summed E-state index contributed by atoms with van der Waals surface area (Å²) >= 11 is 0. The molecule has 0 radical (unpaired) electrons. The molecule has 20 heavy (non-hydrogen) atoms. The van der Waals surface area contributed by atoms with Crippen molar-refractivity contribution in [2.75, 3.05) is 26.7 Å². The second-order valence-electron chi connectivity index (χ2n) is 4.83. The van der Waals surface area contributed by atoms with Crippen LogP contribution in [0.5, 0.6) is 5.75 Å². The smallest absolute Gasteiger partial charge is 0.237 e. The van der Waals surface area contributed by atoms with Gasteiger partial charge in [0.1, 0.15) is 5.75 Å². The lowest BCUT2D eigenvalue weighted by Gasteiger charge is -2.25. The van der Waals surface area contributed by atoms with E-state index in [0.717, 1.165) is 30.7 Å². The van der Waals surface area contributed by atoms with Crippen LogP contribution in [0, 0.1) is 12.3 Å². The number of rotatable bonds is 5. The SMILES string of the molecule is C#CCNCC(=O)N1CCCC1c1ccc(OC)cc1. The number of carbonyl (C=O) groups is 1. The third-order valence-electron chi connectivity index (χ3n) is 3.58. The van der Waals surface area contributed by atoms with Crippen LogP contribution in [-0.2, 0) is 4.79 Å². The van der Waals surface area contributed by atoms with Crippen molar-refractivity contribution in [3.63, 3.8) is 0 Å². The van der Waals surface area contributed by atoms with Gasteiger partial charge in [0.15, 0.2) is 0 Å². The molecule has 1 N–H and O–H groups in total. The second-order valence-corrected chi connectivity index (χ2v) is 4.83. The van der Waals surface area contributed by atoms with E-state index in [4.69, 9.17) is 11.2 Å². The summed E-state index contributed by atoms with van der Waals surface area (Å²) in [5.41, 5.74) is 1.16. The molecule has 1 heterocycles. The lowest BCUT2D eigenvalue weighted by Crippen LogP contribution is -2.37. The highest BCUT2D eigenvalue weighted by atomic mass is 16.5. The fourth-order valence-corrected chi connectivity index (χ4v) is 2.58. The molecule has 2 rings (SSSR count). The number of ether oxygens (including phenoxy) is 1. The van der Waals surface area contributed by atoms with Crippen molar-refractivity contribution in [1.82, 2.24) is 10.2 Å². The van der Waals surface area contributed by atoms with Gasteiger partial charge in [0.2, 0.25) is 5.91 Å². The summed E-state index contributed by atoms with van der Waals surface area (Å²) < 4.78 is 5.16. The highest BCUT2D eigenvalue weighted by Crippen LogP contribution is 2.32. The van der Waals surface area contributed by atoms with Gasteiger partial charge in [-0.15, -0.1) is 6.42 Å². The number of methoxy groups -OCH3 is 1. The van der Waals surface area contributed by atoms with Gasteiger partial charge in [0.25, 0.3) is 0 Å². The Morgan fingerprint density at radius 2 is 2.25 bits per heavy atom. The van der Waals surface area contributed by atoms with Crippen LogP contribution >= 0.6 is 0 Å². The summed E-state index contributed by atoms with van der Waals surface area (Å²) in [5.74, 6) is 3.42. The van der Waals surface area contributed by atoms with Crippen LogP contribution in [0.3, 0.4) is 0 Å². The molecule has 0 aliphatic carbocycles. The van der Waals surface area contributed by atoms with Gasteiger partial charge in [-0.1, -0.05) is 18.1 Å². The summed E-state index contributed by atoms with van der Waals surface area (Å²) in [6.07, 6.45) is 7.21. The van der Waals surface area contributed by atoms with Gasteiger partial charge in [-0.3, -0.25) is 10.1 Å². The number of amides is 1. The lowest BCUT2D eigenvalue weighted by molar-refractivity contribution is -0.131. The first-order chi connectivity index (χ1) is 9.76. The highest BCUT2D eigenvalue weighted by Gasteiger charge is 2.29. The first kappa shape index (κ1) is 14.4. The predicted octanol–water partition coefficient (Wildman–Crippen LogP) is 1.58. The van der Waals surface area contributed by atoms with Crippen LogP contribution in [0.25, 0.3) is 0 Å². The van der Waals surface area contributed by atoms with Gasteiger partial charge in [-0.05, 0) is 30.5 Å². The average molecular weight is 272 g/mol. The molecule has 0 aromatic heterocycles. The zero-order valence-electron chi connectivity index (χ0n) is 11.8. The number of benzene rings is 1. The molecular weight excluding hydrogens is 252 g/mol. The summed E-state index contributed by atoms with van der Waals surface area (Å²) in [4.78, 5) is 14.1. The van der Waals surface area contributed by atoms with E-state index in [1.54, 1.807) is 7.11 Å². The van der Waals surface area contributed by atoms with E-state index in [2.05, 4.69) is 11.2 Å². The van der Waals surface area contributed by atoms with Gasteiger partial charge in [0.05, 0.1) is 26.2 Å². The standard InChI is InChI=1S/C16H20N2O2/c1-3-10-17-12-16(19)18-11-4-5-15(18)13-6-8-14(20-2)9-7-13/h1,6-9,15,17H,4-5,10-12H2,2H3. The van der Waals surface area contributed by atoms with Crippen molar-refractivity contribution in [3.8, 4) is 18.1 Å². The topological polar surface area (TPSA) is 41.6 Å². The molecule has 0 spiro atoms. The number of nitrogens with zero attached hydrogens (tertiary/aromatic N) is 1. The fraction of sp³-hybridized carbons (Fsp3) is 0.438. The summed E-state index contributed by atoms with van der Waals surface area (Å²) in [6, 6.07) is 8.11. The molecule has 1 amide bonds. The van der Waals surface area contributed by atoms with Crippen molar-refractivity contribution in [3.05, 3.63) is 29.8 Å². The van der Waals surface area contributed by atoms with Crippen LogP contribution in [-0.4, -0.2) is 37.6 Å². The Kier molecular flexibility index (Phi) is 5.03. The number of carbonyl (C=O) groups excluding carboxylic acids is 1. The monoisotopic (exact) mass is 272 g/mol. The summed E-state index contributed by atoms with van der Waals surface area (Å²) in [5, 5.41) is 2.95. The van der Waals surface area contributed by atoms with Crippen LogP contribution < -0.4 is 10.1 Å². The molecular formula is C16H20N2O2. The number of nitrogens with one attached hydrogen (secondary N) is 1. The normalized spacial score (nSPS) is 17.8. The maximum absolute atomic E-state index is 12.2. The molecule has 1 atom stereocenters. The van der Waals surface area contributed by atoms with Crippen LogP contribution in [0.15, 0.2) is 24.3 Å². The molecule has 1 aromatic carbocycles. The van der Waals surface area contributed by atoms with Gasteiger partial charge < -0.3 is 9.64 Å². The Labute approximate surface area is 120 Å². The molecule has 0 saturated carbocycles. The van der Waals surface area contributed by atoms with E-state index in [9.17, 15) is 4.79 Å². The first-order valence-corrected chi connectivity index (χ1v) is 6.84. The molecule has 106 valence electrons. The van der Waals surface area contributed by atoms with E-state index in [-0.39, 0.29) is 11.9 Å². The van der Waals surface area contributed by atoms with Crippen molar-refractivity contribution in [1.29, 1.82) is 0 Å². The molecule has 4 nitrogen and oxygen atoms in total. The second kappa shape index (κ2) is 6.97. The Balaban J connectivity index is 2.02. The molecule has 0 bridgehead atoms. The number of terminal acetylenes is 1. The maximum Gasteiger partial charge on any atom is 0.237 e. The molecule has 1 aliphatic rings. The summed E-state index contributed by atoms with van der Waals surface area (Å²) in [6.45, 7) is 1.54. The fourth-order valence-electron chi connectivity index (χ4n) is 2.58. The summed E-state index contributed by atoms with van der Waals surface area (Å²) in [7, 11) is 1.65. The van der Waals surface area contributed by atoms with E-state index >= 15 is 0 Å². The Morgan fingerprint density at radius 1 is 1.50 bits per heavy atom. The van der Waals surface area contributed by atoms with Crippen LogP contribution in [0.1, 0.15) is 24.4 Å². The van der Waals surface area contributed by atoms with Gasteiger partial charge in [-0.25, -0.2) is 0 Å². The molecule has 1 unspecified atom stereocenters. The third-order valence-corrected chi connectivity index (χ3v) is 3.58. The lowest BCUT2D eigenvalue weighted by atomic mass is 10.0. The zero-order valence-corrected chi connectivity index (χ0v) is 11.8. The van der Waals surface area contributed by atoms with Crippen molar-refractivity contribution in [2.24, 2.45) is 0 Å². The van der Waals surface area contributed by atoms with Gasteiger partial charge in [0, 0.05) is 6.54 Å². The highest BCUT2D eigenvalue weighted by molar-refractivity contribution is 5.79. The Morgan fingerprint density at radius 3 is 2.90 bits per heavy atom. The minimum atomic E-state index is 0.110. The van der Waals surface area contributed by atoms with Crippen molar-refractivity contribution in [2.45, 2.75) is 18.9 Å². The average Bonchev–Trinajstić information content (AvgIpc) is 2.97. The number of likely N-dealkylation sites (tertiary alicyclic amines) is 1. The first-order valence-electron chi connectivity index (χ1n) is 6.84. The molecule has 1 saturated heterocycles. The van der Waals surface area contributed by atoms with E-state index in [0.29, 0.717) is 13.1 Å².